The molecule has 1 saturated carbocycles. The van der Waals surface area contributed by atoms with Gasteiger partial charge >= 0.3 is 7.60 Å². The van der Waals surface area contributed by atoms with Gasteiger partial charge in [0.15, 0.2) is 17.7 Å². The molecule has 214 valence electrons. The van der Waals surface area contributed by atoms with Crippen molar-refractivity contribution in [1.82, 2.24) is 40.4 Å². The smallest absolute Gasteiger partial charge is 0.361 e. The summed E-state index contributed by atoms with van der Waals surface area (Å²) in [5.41, 5.74) is 0.407. The highest BCUT2D eigenvalue weighted by Gasteiger charge is 2.50. The molecule has 39 heavy (non-hydrogen) atoms. The molecule has 5 rings (SSSR count). The zero-order valence-corrected chi connectivity index (χ0v) is 22.3. The van der Waals surface area contributed by atoms with Crippen LogP contribution in [0.3, 0.4) is 0 Å². The van der Waals surface area contributed by atoms with Crippen LogP contribution >= 0.6 is 19.2 Å². The highest BCUT2D eigenvalue weighted by atomic mass is 35.5. The maximum absolute atomic E-state index is 12.3. The molecule has 3 aromatic heterocycles. The maximum atomic E-state index is 12.3. The Morgan fingerprint density at radius 3 is 2.79 bits per heavy atom. The third kappa shape index (κ3) is 6.06. The van der Waals surface area contributed by atoms with Crippen LogP contribution in [0, 0.1) is 0 Å². The summed E-state index contributed by atoms with van der Waals surface area (Å²) >= 11 is 6.20. The van der Waals surface area contributed by atoms with Gasteiger partial charge in [0, 0.05) is 12.5 Å². The molecule has 0 amide bonds. The minimum absolute atomic E-state index is 0.0263. The van der Waals surface area contributed by atoms with E-state index >= 15 is 0 Å². The molecule has 6 N–H and O–H groups in total. The van der Waals surface area contributed by atoms with Gasteiger partial charge in [-0.15, -0.1) is 10.2 Å². The van der Waals surface area contributed by atoms with E-state index in [4.69, 9.17) is 25.8 Å². The second-order valence-corrected chi connectivity index (χ2v) is 11.7. The molecular formula is C20H29ClN9O8P. The average molecular weight is 590 g/mol. The van der Waals surface area contributed by atoms with Crippen LogP contribution in [0.25, 0.3) is 11.0 Å². The second kappa shape index (κ2) is 11.6. The van der Waals surface area contributed by atoms with Gasteiger partial charge in [-0.1, -0.05) is 18.1 Å². The minimum atomic E-state index is -5.06. The van der Waals surface area contributed by atoms with Gasteiger partial charge in [-0.05, 0) is 24.4 Å². The molecule has 2 aliphatic rings. The monoisotopic (exact) mass is 589 g/mol. The standard InChI is InChI=1S/C20H29ClN9O8P/c21-19-24-17(23-11-3-1-2-4-11)12-6-22-30(18(12)25-19)16-5-13(32)14(38-16)7-37-20(9-31,39(33,34)35)10-36-8-15-26-28-29-27-15/h6,11,13-14,16,31-32H,1-5,7-10H2,(H,23,24,25)(H2,33,34,35)(H,26,27,28,29)/t13-,14+,16+,20?/m0/s1. The largest absolute Gasteiger partial charge is 0.393 e. The van der Waals surface area contributed by atoms with E-state index in [1.165, 1.54) is 4.68 Å². The molecule has 4 heterocycles. The number of H-pyrrole nitrogens is 1. The molecule has 1 unspecified atom stereocenters. The van der Waals surface area contributed by atoms with Crippen LogP contribution in [-0.2, 0) is 25.4 Å². The number of tetrazole rings is 1. The summed E-state index contributed by atoms with van der Waals surface area (Å²) in [6, 6.07) is 0.283. The Kier molecular flexibility index (Phi) is 8.42. The van der Waals surface area contributed by atoms with Crippen LogP contribution in [-0.4, -0.2) is 104 Å². The number of hydrogen-bond acceptors (Lipinski definition) is 13. The van der Waals surface area contributed by atoms with Gasteiger partial charge in [-0.25, -0.2) is 4.68 Å². The third-order valence-corrected chi connectivity index (χ3v) is 8.47. The predicted octanol–water partition coefficient (Wildman–Crippen LogP) is 0.0954. The summed E-state index contributed by atoms with van der Waals surface area (Å²) in [5, 5.41) is 39.6. The van der Waals surface area contributed by atoms with Crippen molar-refractivity contribution in [2.75, 3.05) is 25.1 Å². The van der Waals surface area contributed by atoms with Crippen LogP contribution in [0.1, 0.15) is 44.2 Å². The van der Waals surface area contributed by atoms with Crippen LogP contribution in [0.15, 0.2) is 6.20 Å². The van der Waals surface area contributed by atoms with Gasteiger partial charge < -0.3 is 39.5 Å². The second-order valence-electron chi connectivity index (χ2n) is 9.51. The first-order valence-corrected chi connectivity index (χ1v) is 14.3. The van der Waals surface area contributed by atoms with E-state index in [0.29, 0.717) is 16.9 Å². The third-order valence-electron chi connectivity index (χ3n) is 6.84. The molecule has 17 nitrogen and oxygen atoms in total. The zero-order valence-electron chi connectivity index (χ0n) is 20.6. The maximum Gasteiger partial charge on any atom is 0.361 e. The number of rotatable bonds is 12. The lowest BCUT2D eigenvalue weighted by Crippen LogP contribution is -2.44. The number of aromatic amines is 1. The molecule has 19 heteroatoms. The Morgan fingerprint density at radius 1 is 1.31 bits per heavy atom. The number of nitrogens with one attached hydrogen (secondary N) is 2. The fourth-order valence-electron chi connectivity index (χ4n) is 4.67. The minimum Gasteiger partial charge on any atom is -0.393 e. The molecule has 0 spiro atoms. The van der Waals surface area contributed by atoms with Crippen LogP contribution in [0.4, 0.5) is 5.82 Å². The van der Waals surface area contributed by atoms with Crippen LogP contribution in [0.5, 0.6) is 0 Å². The van der Waals surface area contributed by atoms with Crippen molar-refractivity contribution in [3.63, 3.8) is 0 Å². The lowest BCUT2D eigenvalue weighted by molar-refractivity contribution is -0.131. The molecule has 1 saturated heterocycles. The van der Waals surface area contributed by atoms with Crippen molar-refractivity contribution in [1.29, 1.82) is 0 Å². The van der Waals surface area contributed by atoms with Crippen molar-refractivity contribution in [3.05, 3.63) is 17.3 Å². The number of anilines is 1. The number of hydrogen-bond donors (Lipinski definition) is 6. The Morgan fingerprint density at radius 2 is 2.10 bits per heavy atom. The SMILES string of the molecule is O=P(O)(O)C(CO)(COCc1nn[nH]n1)OC[C@H]1O[C@@H](n2ncc3c(NC4CCCC4)nc(Cl)nc32)C[C@@H]1O. The number of fused-ring (bicyclic) bond motifs is 1. The molecule has 4 atom stereocenters. The van der Waals surface area contributed by atoms with Crippen molar-refractivity contribution in [3.8, 4) is 0 Å². The average Bonchev–Trinajstić information content (AvgIpc) is 3.69. The number of aliphatic hydroxyl groups is 2. The van der Waals surface area contributed by atoms with Gasteiger partial charge in [0.05, 0.1) is 37.5 Å². The van der Waals surface area contributed by atoms with Gasteiger partial charge in [0.1, 0.15) is 18.5 Å². The number of halogens is 1. The molecule has 1 aliphatic carbocycles. The lowest BCUT2D eigenvalue weighted by Gasteiger charge is -2.33. The fraction of sp³-hybridized carbons (Fsp3) is 0.700. The van der Waals surface area contributed by atoms with Crippen molar-refractivity contribution < 1.29 is 38.8 Å². The molecule has 0 bridgehead atoms. The number of ether oxygens (including phenoxy) is 3. The summed E-state index contributed by atoms with van der Waals surface area (Å²) in [5.74, 6) is 0.707. The summed E-state index contributed by atoms with van der Waals surface area (Å²) in [6.07, 6.45) is 3.17. The van der Waals surface area contributed by atoms with Gasteiger partial charge in [0.2, 0.25) is 10.6 Å². The van der Waals surface area contributed by atoms with E-state index < -0.39 is 51.2 Å². The highest BCUT2D eigenvalue weighted by Crippen LogP contribution is 2.51. The quantitative estimate of drug-likeness (QED) is 0.121. The first kappa shape index (κ1) is 28.2. The Balaban J connectivity index is 1.28. The Labute approximate surface area is 226 Å². The zero-order chi connectivity index (χ0) is 27.6. The summed E-state index contributed by atoms with van der Waals surface area (Å²) in [4.78, 5) is 28.5. The van der Waals surface area contributed by atoms with E-state index in [1.807, 2.05) is 0 Å². The normalized spacial score (nSPS) is 24.0. The highest BCUT2D eigenvalue weighted by molar-refractivity contribution is 7.53. The van der Waals surface area contributed by atoms with E-state index in [1.54, 1.807) is 6.20 Å². The van der Waals surface area contributed by atoms with Crippen molar-refractivity contribution >= 4 is 36.0 Å². The van der Waals surface area contributed by atoms with Gasteiger partial charge in [-0.3, -0.25) is 4.57 Å². The molecular weight excluding hydrogens is 561 g/mol. The first-order chi connectivity index (χ1) is 18.7. The number of nitrogens with zero attached hydrogens (tertiary/aromatic N) is 7. The Hall–Kier alpha value is -2.34. The number of aliphatic hydroxyl groups excluding tert-OH is 2. The molecule has 0 radical (unpaired) electrons. The molecule has 0 aromatic carbocycles. The topological polar surface area (TPSA) is 236 Å². The summed E-state index contributed by atoms with van der Waals surface area (Å²) in [7, 11) is -5.06. The van der Waals surface area contributed by atoms with E-state index in [-0.39, 0.29) is 30.2 Å². The van der Waals surface area contributed by atoms with E-state index in [9.17, 15) is 24.6 Å². The van der Waals surface area contributed by atoms with Crippen molar-refractivity contribution in [2.45, 2.75) is 68.5 Å². The van der Waals surface area contributed by atoms with Crippen LogP contribution < -0.4 is 5.32 Å². The molecule has 1 aliphatic heterocycles. The summed E-state index contributed by atoms with van der Waals surface area (Å²) < 4.78 is 30.5. The first-order valence-electron chi connectivity index (χ1n) is 12.3. The van der Waals surface area contributed by atoms with E-state index in [0.717, 1.165) is 25.7 Å². The number of aromatic nitrogens is 8. The fourth-order valence-corrected chi connectivity index (χ4v) is 5.52. The van der Waals surface area contributed by atoms with Crippen LogP contribution in [0.2, 0.25) is 5.28 Å². The van der Waals surface area contributed by atoms with Gasteiger partial charge in [-0.2, -0.15) is 20.3 Å². The lowest BCUT2D eigenvalue weighted by atomic mass is 10.2. The van der Waals surface area contributed by atoms with E-state index in [2.05, 4.69) is 41.0 Å². The van der Waals surface area contributed by atoms with Gasteiger partial charge in [0.25, 0.3) is 0 Å². The summed E-state index contributed by atoms with van der Waals surface area (Å²) in [6.45, 7) is -2.45. The van der Waals surface area contributed by atoms with Crippen molar-refractivity contribution in [2.24, 2.45) is 0 Å². The predicted molar refractivity (Wildman–Crippen MR) is 132 cm³/mol. The Bertz CT molecular complexity index is 1300. The molecule has 3 aromatic rings. The molecule has 2 fully saturated rings.